The minimum absolute atomic E-state index is 1.17. The van der Waals surface area contributed by atoms with E-state index in [1.165, 1.54) is 68.2 Å². The second kappa shape index (κ2) is 8.17. The van der Waals surface area contributed by atoms with E-state index >= 15 is 0 Å². The highest BCUT2D eigenvalue weighted by molar-refractivity contribution is 7.26. The topological polar surface area (TPSA) is 3.24 Å². The van der Waals surface area contributed by atoms with Gasteiger partial charge in [0.15, 0.2) is 0 Å². The van der Waals surface area contributed by atoms with E-state index in [2.05, 4.69) is 132 Å². The molecule has 37 heavy (non-hydrogen) atoms. The zero-order valence-corrected chi connectivity index (χ0v) is 21.5. The van der Waals surface area contributed by atoms with Gasteiger partial charge in [0.1, 0.15) is 0 Å². The van der Waals surface area contributed by atoms with Crippen LogP contribution in [0.2, 0.25) is 0 Å². The van der Waals surface area contributed by atoms with E-state index in [0.29, 0.717) is 0 Å². The minimum atomic E-state index is 1.17. The van der Waals surface area contributed by atoms with Crippen LogP contribution in [0.3, 0.4) is 0 Å². The van der Waals surface area contributed by atoms with Crippen LogP contribution in [0.25, 0.3) is 51.1 Å². The summed E-state index contributed by atoms with van der Waals surface area (Å²) in [5.74, 6) is 0. The van der Waals surface area contributed by atoms with Crippen molar-refractivity contribution in [3.8, 4) is 0 Å². The number of benzene rings is 6. The second-order valence-corrected chi connectivity index (χ2v) is 11.5. The molecule has 2 aromatic heterocycles. The average molecular weight is 508 g/mol. The largest absolute Gasteiger partial charge is 0.308 e. The fourth-order valence-corrected chi connectivity index (χ4v) is 7.94. The third kappa shape index (κ3) is 3.21. The van der Waals surface area contributed by atoms with Crippen LogP contribution < -0.4 is 4.90 Å². The van der Waals surface area contributed by atoms with Crippen molar-refractivity contribution in [2.45, 2.75) is 0 Å². The van der Waals surface area contributed by atoms with E-state index in [1.54, 1.807) is 0 Å². The number of hydrogen-bond acceptors (Lipinski definition) is 3. The molecule has 8 rings (SSSR count). The SMILES string of the molecule is c1ccc(N(c2cccc3c2sc2cc4ccccc4cc23)c2cccc3sc4ccccc4c23)cc1. The summed E-state index contributed by atoms with van der Waals surface area (Å²) in [5, 5.41) is 7.84. The van der Waals surface area contributed by atoms with Crippen LogP contribution in [0.1, 0.15) is 0 Å². The third-order valence-electron chi connectivity index (χ3n) is 7.22. The van der Waals surface area contributed by atoms with Crippen molar-refractivity contribution >= 4 is 90.9 Å². The van der Waals surface area contributed by atoms with Crippen LogP contribution in [-0.2, 0) is 0 Å². The van der Waals surface area contributed by atoms with Gasteiger partial charge in [0.2, 0.25) is 0 Å². The van der Waals surface area contributed by atoms with Gasteiger partial charge >= 0.3 is 0 Å². The highest BCUT2D eigenvalue weighted by atomic mass is 32.1. The number of anilines is 3. The van der Waals surface area contributed by atoms with Crippen LogP contribution in [-0.4, -0.2) is 0 Å². The molecule has 174 valence electrons. The fraction of sp³-hybridized carbons (Fsp3) is 0. The summed E-state index contributed by atoms with van der Waals surface area (Å²) >= 11 is 3.76. The van der Waals surface area contributed by atoms with Gasteiger partial charge in [0.05, 0.1) is 16.1 Å². The maximum absolute atomic E-state index is 2.46. The predicted molar refractivity (Wildman–Crippen MR) is 164 cm³/mol. The van der Waals surface area contributed by atoms with Gasteiger partial charge in [-0.3, -0.25) is 0 Å². The van der Waals surface area contributed by atoms with E-state index in [0.717, 1.165) is 0 Å². The molecule has 0 atom stereocenters. The molecule has 0 spiro atoms. The summed E-state index contributed by atoms with van der Waals surface area (Å²) in [5.41, 5.74) is 3.61. The normalized spacial score (nSPS) is 11.8. The first-order valence-electron chi connectivity index (χ1n) is 12.4. The van der Waals surface area contributed by atoms with E-state index in [-0.39, 0.29) is 0 Å². The molecule has 0 fully saturated rings. The predicted octanol–water partition coefficient (Wildman–Crippen LogP) is 11.0. The summed E-state index contributed by atoms with van der Waals surface area (Å²) in [6.07, 6.45) is 0. The Hall–Kier alpha value is -4.18. The first kappa shape index (κ1) is 21.0. The molecule has 0 aliphatic rings. The Morgan fingerprint density at radius 3 is 2.00 bits per heavy atom. The number of thiophene rings is 2. The van der Waals surface area contributed by atoms with E-state index in [4.69, 9.17) is 0 Å². The van der Waals surface area contributed by atoms with Crippen LogP contribution in [0.5, 0.6) is 0 Å². The molecule has 0 unspecified atom stereocenters. The Kier molecular flexibility index (Phi) is 4.63. The van der Waals surface area contributed by atoms with Gasteiger partial charge in [-0.2, -0.15) is 0 Å². The lowest BCUT2D eigenvalue weighted by atomic mass is 10.0. The zero-order chi connectivity index (χ0) is 24.3. The maximum atomic E-state index is 2.46. The van der Waals surface area contributed by atoms with Crippen molar-refractivity contribution in [3.05, 3.63) is 127 Å². The standard InChI is InChI=1S/C34H21NS2/c1-2-12-24(13-3-1)35(28-16-9-19-31-33(28)26-14-6-7-18-30(26)36-31)29-17-8-15-25-27-20-22-10-4-5-11-23(22)21-32(27)37-34(25)29/h1-21H. The van der Waals surface area contributed by atoms with E-state index in [1.807, 2.05) is 22.7 Å². The highest BCUT2D eigenvalue weighted by Gasteiger charge is 2.21. The summed E-state index contributed by atoms with van der Waals surface area (Å²) in [6, 6.07) is 46.4. The maximum Gasteiger partial charge on any atom is 0.0640 e. The molecule has 1 nitrogen and oxygen atoms in total. The molecule has 0 saturated carbocycles. The molecule has 6 aromatic carbocycles. The van der Waals surface area contributed by atoms with Gasteiger partial charge in [0.25, 0.3) is 0 Å². The number of fused-ring (bicyclic) bond motifs is 7. The summed E-state index contributed by atoms with van der Waals surface area (Å²) < 4.78 is 5.28. The molecule has 2 heterocycles. The van der Waals surface area contributed by atoms with E-state index < -0.39 is 0 Å². The Labute approximate surface area is 222 Å². The summed E-state index contributed by atoms with van der Waals surface area (Å²) in [7, 11) is 0. The van der Waals surface area contributed by atoms with Crippen LogP contribution in [0.15, 0.2) is 127 Å². The van der Waals surface area contributed by atoms with Crippen molar-refractivity contribution in [3.63, 3.8) is 0 Å². The second-order valence-electron chi connectivity index (χ2n) is 9.37. The first-order chi connectivity index (χ1) is 18.3. The van der Waals surface area contributed by atoms with Gasteiger partial charge in [-0.05, 0) is 59.3 Å². The molecule has 0 amide bonds. The number of para-hydroxylation sites is 1. The molecule has 8 aromatic rings. The summed E-state index contributed by atoms with van der Waals surface area (Å²) in [6.45, 7) is 0. The Morgan fingerprint density at radius 1 is 0.432 bits per heavy atom. The molecule has 0 aliphatic carbocycles. The molecule has 0 bridgehead atoms. The van der Waals surface area contributed by atoms with Crippen molar-refractivity contribution in [1.82, 2.24) is 0 Å². The van der Waals surface area contributed by atoms with Crippen LogP contribution in [0.4, 0.5) is 17.1 Å². The lowest BCUT2D eigenvalue weighted by Gasteiger charge is -2.27. The Morgan fingerprint density at radius 2 is 1.11 bits per heavy atom. The first-order valence-corrected chi connectivity index (χ1v) is 14.1. The lowest BCUT2D eigenvalue weighted by Crippen LogP contribution is -2.10. The molecular weight excluding hydrogens is 487 g/mol. The lowest BCUT2D eigenvalue weighted by molar-refractivity contribution is 1.32. The van der Waals surface area contributed by atoms with Gasteiger partial charge < -0.3 is 4.90 Å². The van der Waals surface area contributed by atoms with E-state index in [9.17, 15) is 0 Å². The van der Waals surface area contributed by atoms with Gasteiger partial charge in [-0.25, -0.2) is 0 Å². The number of rotatable bonds is 3. The zero-order valence-electron chi connectivity index (χ0n) is 19.9. The minimum Gasteiger partial charge on any atom is -0.308 e. The van der Waals surface area contributed by atoms with Crippen molar-refractivity contribution in [2.75, 3.05) is 4.90 Å². The number of hydrogen-bond donors (Lipinski definition) is 0. The summed E-state index contributed by atoms with van der Waals surface area (Å²) in [4.78, 5) is 2.46. The monoisotopic (exact) mass is 507 g/mol. The van der Waals surface area contributed by atoms with Crippen molar-refractivity contribution in [2.24, 2.45) is 0 Å². The van der Waals surface area contributed by atoms with Gasteiger partial charge in [-0.1, -0.05) is 78.9 Å². The highest BCUT2D eigenvalue weighted by Crippen LogP contribution is 2.48. The van der Waals surface area contributed by atoms with Crippen LogP contribution >= 0.6 is 22.7 Å². The molecule has 0 radical (unpaired) electrons. The molecule has 3 heteroatoms. The third-order valence-corrected chi connectivity index (χ3v) is 9.55. The average Bonchev–Trinajstić information content (AvgIpc) is 3.51. The molecule has 0 aliphatic heterocycles. The Balaban J connectivity index is 1.47. The fourth-order valence-electron chi connectivity index (χ4n) is 5.57. The van der Waals surface area contributed by atoms with Crippen LogP contribution in [0, 0.1) is 0 Å². The van der Waals surface area contributed by atoms with Crippen molar-refractivity contribution in [1.29, 1.82) is 0 Å². The molecular formula is C34H21NS2. The van der Waals surface area contributed by atoms with Crippen molar-refractivity contribution < 1.29 is 0 Å². The molecule has 0 saturated heterocycles. The Bertz CT molecular complexity index is 2100. The van der Waals surface area contributed by atoms with Gasteiger partial charge in [0, 0.05) is 41.3 Å². The number of nitrogens with zero attached hydrogens (tertiary/aromatic N) is 1. The molecule has 0 N–H and O–H groups in total. The smallest absolute Gasteiger partial charge is 0.0640 e. The van der Waals surface area contributed by atoms with Gasteiger partial charge in [-0.15, -0.1) is 22.7 Å². The quantitative estimate of drug-likeness (QED) is 0.230.